The van der Waals surface area contributed by atoms with Gasteiger partial charge in [0.15, 0.2) is 0 Å². The van der Waals surface area contributed by atoms with Crippen molar-refractivity contribution in [3.8, 4) is 0 Å². The van der Waals surface area contributed by atoms with Gasteiger partial charge in [-0.25, -0.2) is 0 Å². The van der Waals surface area contributed by atoms with Crippen molar-refractivity contribution >= 4 is 11.6 Å². The highest BCUT2D eigenvalue weighted by Crippen LogP contribution is 2.21. The third-order valence-electron chi connectivity index (χ3n) is 3.37. The molecule has 5 heteroatoms. The Balaban J connectivity index is 2.22. The van der Waals surface area contributed by atoms with E-state index in [-0.39, 0.29) is 17.6 Å². The lowest BCUT2D eigenvalue weighted by Crippen LogP contribution is -2.42. The molecule has 0 aromatic heterocycles. The summed E-state index contributed by atoms with van der Waals surface area (Å²) in [5.74, 6) is -0.106. The van der Waals surface area contributed by atoms with Gasteiger partial charge in [-0.3, -0.25) is 14.9 Å². The van der Waals surface area contributed by atoms with E-state index in [1.54, 1.807) is 12.1 Å². The summed E-state index contributed by atoms with van der Waals surface area (Å²) in [6, 6.07) is 6.15. The molecule has 0 spiro atoms. The van der Waals surface area contributed by atoms with E-state index in [9.17, 15) is 14.9 Å². The molecule has 1 unspecified atom stereocenters. The summed E-state index contributed by atoms with van der Waals surface area (Å²) in [6.45, 7) is 2.76. The Morgan fingerprint density at radius 1 is 1.44 bits per heavy atom. The predicted octanol–water partition coefficient (Wildman–Crippen LogP) is 2.61. The van der Waals surface area contributed by atoms with Crippen LogP contribution in [0, 0.1) is 10.1 Å². The summed E-state index contributed by atoms with van der Waals surface area (Å²) < 4.78 is 0. The molecule has 1 aromatic rings. The number of nitrogens with zero attached hydrogens (tertiary/aromatic N) is 2. The summed E-state index contributed by atoms with van der Waals surface area (Å²) in [6.07, 6.45) is 3.14. The van der Waals surface area contributed by atoms with Gasteiger partial charge in [0.05, 0.1) is 4.92 Å². The number of rotatable bonds is 2. The molecule has 1 heterocycles. The summed E-state index contributed by atoms with van der Waals surface area (Å²) >= 11 is 0. The van der Waals surface area contributed by atoms with Crippen LogP contribution in [0.15, 0.2) is 24.3 Å². The zero-order valence-electron chi connectivity index (χ0n) is 10.3. The number of benzene rings is 1. The van der Waals surface area contributed by atoms with Gasteiger partial charge in [-0.2, -0.15) is 0 Å². The second-order valence-corrected chi connectivity index (χ2v) is 4.65. The Morgan fingerprint density at radius 2 is 2.22 bits per heavy atom. The first kappa shape index (κ1) is 12.5. The minimum Gasteiger partial charge on any atom is -0.336 e. The van der Waals surface area contributed by atoms with Gasteiger partial charge in [0.1, 0.15) is 0 Å². The number of non-ortho nitro benzene ring substituents is 1. The largest absolute Gasteiger partial charge is 0.336 e. The third kappa shape index (κ3) is 2.50. The van der Waals surface area contributed by atoms with Crippen LogP contribution in [0.5, 0.6) is 0 Å². The number of piperidine rings is 1. The third-order valence-corrected chi connectivity index (χ3v) is 3.37. The molecule has 96 valence electrons. The molecular formula is C13H16N2O3. The normalized spacial score (nSPS) is 19.6. The number of carbonyl (C=O) groups excluding carboxylic acids is 1. The fraction of sp³-hybridized carbons (Fsp3) is 0.462. The maximum absolute atomic E-state index is 12.3. The number of hydrogen-bond donors (Lipinski definition) is 0. The van der Waals surface area contributed by atoms with Crippen molar-refractivity contribution < 1.29 is 9.72 Å². The second kappa shape index (κ2) is 5.16. The molecule has 1 saturated heterocycles. The van der Waals surface area contributed by atoms with Crippen LogP contribution in [0.3, 0.4) is 0 Å². The van der Waals surface area contributed by atoms with Crippen LogP contribution in [-0.2, 0) is 0 Å². The van der Waals surface area contributed by atoms with Gasteiger partial charge in [0.2, 0.25) is 0 Å². The molecule has 2 rings (SSSR count). The maximum Gasteiger partial charge on any atom is 0.270 e. The fourth-order valence-corrected chi connectivity index (χ4v) is 2.32. The molecule has 1 amide bonds. The monoisotopic (exact) mass is 248 g/mol. The van der Waals surface area contributed by atoms with Gasteiger partial charge in [0.25, 0.3) is 11.6 Å². The highest BCUT2D eigenvalue weighted by Gasteiger charge is 2.24. The van der Waals surface area contributed by atoms with Gasteiger partial charge in [-0.05, 0) is 32.3 Å². The van der Waals surface area contributed by atoms with E-state index in [1.807, 2.05) is 11.8 Å². The quantitative estimate of drug-likeness (QED) is 0.597. The zero-order valence-corrected chi connectivity index (χ0v) is 10.3. The number of hydrogen-bond acceptors (Lipinski definition) is 3. The van der Waals surface area contributed by atoms with Crippen LogP contribution in [-0.4, -0.2) is 28.3 Å². The van der Waals surface area contributed by atoms with Crippen LogP contribution in [0.4, 0.5) is 5.69 Å². The molecule has 0 saturated carbocycles. The number of likely N-dealkylation sites (tertiary alicyclic amines) is 1. The standard InChI is InChI=1S/C13H16N2O3/c1-10-5-2-3-8-14(10)13(16)11-6-4-7-12(9-11)15(17)18/h4,6-7,9-10H,2-3,5,8H2,1H3. The zero-order chi connectivity index (χ0) is 13.1. The molecule has 18 heavy (non-hydrogen) atoms. The van der Waals surface area contributed by atoms with Crippen LogP contribution < -0.4 is 0 Å². The molecule has 1 aliphatic rings. The Hall–Kier alpha value is -1.91. The predicted molar refractivity (Wildman–Crippen MR) is 67.4 cm³/mol. The molecule has 5 nitrogen and oxygen atoms in total. The van der Waals surface area contributed by atoms with E-state index in [1.165, 1.54) is 12.1 Å². The number of amides is 1. The molecule has 1 aliphatic heterocycles. The average molecular weight is 248 g/mol. The van der Waals surface area contributed by atoms with Crippen molar-refractivity contribution in [3.63, 3.8) is 0 Å². The van der Waals surface area contributed by atoms with Crippen molar-refractivity contribution in [1.82, 2.24) is 4.90 Å². The molecular weight excluding hydrogens is 232 g/mol. The van der Waals surface area contributed by atoms with E-state index in [4.69, 9.17) is 0 Å². The molecule has 1 atom stereocenters. The van der Waals surface area contributed by atoms with E-state index in [0.717, 1.165) is 25.8 Å². The Labute approximate surface area is 106 Å². The second-order valence-electron chi connectivity index (χ2n) is 4.65. The summed E-state index contributed by atoms with van der Waals surface area (Å²) in [4.78, 5) is 24.3. The topological polar surface area (TPSA) is 63.5 Å². The number of nitro benzene ring substituents is 1. The van der Waals surface area contributed by atoms with Crippen molar-refractivity contribution in [2.45, 2.75) is 32.2 Å². The Bertz CT molecular complexity index is 473. The summed E-state index contributed by atoms with van der Waals surface area (Å²) in [7, 11) is 0. The molecule has 0 N–H and O–H groups in total. The smallest absolute Gasteiger partial charge is 0.270 e. The van der Waals surface area contributed by atoms with Gasteiger partial charge in [0, 0.05) is 30.3 Å². The number of carbonyl (C=O) groups is 1. The highest BCUT2D eigenvalue weighted by molar-refractivity contribution is 5.95. The minimum absolute atomic E-state index is 0.0366. The fourth-order valence-electron chi connectivity index (χ4n) is 2.32. The molecule has 0 bridgehead atoms. The molecule has 1 fully saturated rings. The van der Waals surface area contributed by atoms with Crippen molar-refractivity contribution in [3.05, 3.63) is 39.9 Å². The van der Waals surface area contributed by atoms with Crippen LogP contribution >= 0.6 is 0 Å². The van der Waals surface area contributed by atoms with Gasteiger partial charge in [-0.15, -0.1) is 0 Å². The van der Waals surface area contributed by atoms with Gasteiger partial charge >= 0.3 is 0 Å². The van der Waals surface area contributed by atoms with E-state index < -0.39 is 4.92 Å². The molecule has 1 aromatic carbocycles. The number of nitro groups is 1. The van der Waals surface area contributed by atoms with Crippen LogP contribution in [0.25, 0.3) is 0 Å². The Kier molecular flexibility index (Phi) is 3.60. The van der Waals surface area contributed by atoms with E-state index in [2.05, 4.69) is 0 Å². The lowest BCUT2D eigenvalue weighted by molar-refractivity contribution is -0.384. The summed E-state index contributed by atoms with van der Waals surface area (Å²) in [5, 5.41) is 10.7. The van der Waals surface area contributed by atoms with Crippen molar-refractivity contribution in [1.29, 1.82) is 0 Å². The van der Waals surface area contributed by atoms with E-state index >= 15 is 0 Å². The summed E-state index contributed by atoms with van der Waals surface area (Å²) in [5.41, 5.74) is 0.364. The minimum atomic E-state index is -0.476. The Morgan fingerprint density at radius 3 is 2.89 bits per heavy atom. The first-order valence-electron chi connectivity index (χ1n) is 6.15. The highest BCUT2D eigenvalue weighted by atomic mass is 16.6. The van der Waals surface area contributed by atoms with Gasteiger partial charge < -0.3 is 4.90 Å². The van der Waals surface area contributed by atoms with Crippen molar-refractivity contribution in [2.24, 2.45) is 0 Å². The van der Waals surface area contributed by atoms with Crippen LogP contribution in [0.1, 0.15) is 36.5 Å². The molecule has 0 radical (unpaired) electrons. The lowest BCUT2D eigenvalue weighted by atomic mass is 10.0. The lowest BCUT2D eigenvalue weighted by Gasteiger charge is -2.33. The average Bonchev–Trinajstić information content (AvgIpc) is 2.38. The van der Waals surface area contributed by atoms with E-state index in [0.29, 0.717) is 5.56 Å². The van der Waals surface area contributed by atoms with Crippen LogP contribution in [0.2, 0.25) is 0 Å². The first-order valence-corrected chi connectivity index (χ1v) is 6.15. The maximum atomic E-state index is 12.3. The SMILES string of the molecule is CC1CCCCN1C(=O)c1cccc([N+](=O)[O-])c1. The van der Waals surface area contributed by atoms with Crippen molar-refractivity contribution in [2.75, 3.05) is 6.54 Å². The van der Waals surface area contributed by atoms with Gasteiger partial charge in [-0.1, -0.05) is 6.07 Å². The molecule has 0 aliphatic carbocycles. The first-order chi connectivity index (χ1) is 8.59.